The lowest BCUT2D eigenvalue weighted by atomic mass is 9.96. The van der Waals surface area contributed by atoms with E-state index in [1.165, 1.54) is 12.1 Å². The number of fused-ring (bicyclic) bond motifs is 1. The molecule has 2 aromatic rings. The molecular formula is C19H17FN2O3. The van der Waals surface area contributed by atoms with Gasteiger partial charge in [-0.25, -0.2) is 4.39 Å². The van der Waals surface area contributed by atoms with Crippen LogP contribution in [0.1, 0.15) is 33.6 Å². The number of hydrogen-bond donors (Lipinski definition) is 1. The molecule has 2 aliphatic heterocycles. The summed E-state index contributed by atoms with van der Waals surface area (Å²) in [6, 6.07) is 13.1. The average molecular weight is 340 g/mol. The quantitative estimate of drug-likeness (QED) is 0.868. The normalized spacial score (nSPS) is 18.3. The van der Waals surface area contributed by atoms with E-state index in [0.717, 1.165) is 0 Å². The number of ether oxygens (including phenoxy) is 1. The maximum atomic E-state index is 13.8. The van der Waals surface area contributed by atoms with E-state index < -0.39 is 11.5 Å². The van der Waals surface area contributed by atoms with Gasteiger partial charge >= 0.3 is 0 Å². The lowest BCUT2D eigenvalue weighted by molar-refractivity contribution is -0.0246. The van der Waals surface area contributed by atoms with Crippen LogP contribution in [0.25, 0.3) is 0 Å². The van der Waals surface area contributed by atoms with E-state index in [9.17, 15) is 14.0 Å². The minimum atomic E-state index is -0.808. The van der Waals surface area contributed by atoms with Gasteiger partial charge in [0.25, 0.3) is 11.8 Å². The SMILES string of the molecule is O=C1NC2(CCN(C(=O)c3ccccc3F)CC2)Oc2ccccc21. The average Bonchev–Trinajstić information content (AvgIpc) is 2.62. The van der Waals surface area contributed by atoms with Crippen LogP contribution in [0, 0.1) is 5.82 Å². The molecule has 0 unspecified atom stereocenters. The zero-order valence-electron chi connectivity index (χ0n) is 13.5. The van der Waals surface area contributed by atoms with Gasteiger partial charge in [-0.2, -0.15) is 0 Å². The first-order valence-electron chi connectivity index (χ1n) is 8.22. The molecule has 2 amide bonds. The fourth-order valence-electron chi connectivity index (χ4n) is 3.36. The first-order valence-corrected chi connectivity index (χ1v) is 8.22. The Morgan fingerprint density at radius 1 is 1.08 bits per heavy atom. The smallest absolute Gasteiger partial charge is 0.258 e. The van der Waals surface area contributed by atoms with Gasteiger partial charge in [0.05, 0.1) is 11.1 Å². The van der Waals surface area contributed by atoms with Crippen molar-refractivity contribution in [3.8, 4) is 5.75 Å². The molecule has 2 aliphatic rings. The van der Waals surface area contributed by atoms with E-state index >= 15 is 0 Å². The van der Waals surface area contributed by atoms with Crippen LogP contribution in [0.4, 0.5) is 4.39 Å². The van der Waals surface area contributed by atoms with Gasteiger partial charge in [-0.15, -0.1) is 0 Å². The second-order valence-electron chi connectivity index (χ2n) is 6.32. The highest BCUT2D eigenvalue weighted by molar-refractivity contribution is 5.98. The van der Waals surface area contributed by atoms with Gasteiger partial charge in [0.2, 0.25) is 0 Å². The zero-order valence-corrected chi connectivity index (χ0v) is 13.5. The molecule has 5 nitrogen and oxygen atoms in total. The van der Waals surface area contributed by atoms with Gasteiger partial charge in [-0.1, -0.05) is 24.3 Å². The molecule has 0 aromatic heterocycles. The number of rotatable bonds is 1. The number of nitrogens with zero attached hydrogens (tertiary/aromatic N) is 1. The summed E-state index contributed by atoms with van der Waals surface area (Å²) >= 11 is 0. The highest BCUT2D eigenvalue weighted by atomic mass is 19.1. The minimum absolute atomic E-state index is 0.0670. The molecule has 1 spiro atoms. The Bertz CT molecular complexity index is 844. The second-order valence-corrected chi connectivity index (χ2v) is 6.32. The fourth-order valence-corrected chi connectivity index (χ4v) is 3.36. The molecule has 6 heteroatoms. The molecule has 1 saturated heterocycles. The van der Waals surface area contributed by atoms with E-state index in [1.54, 1.807) is 35.2 Å². The standard InChI is InChI=1S/C19H17FN2O3/c20-15-7-3-1-5-13(15)18(24)22-11-9-19(10-12-22)21-17(23)14-6-2-4-8-16(14)25-19/h1-8H,9-12H2,(H,21,23). The lowest BCUT2D eigenvalue weighted by Crippen LogP contribution is -2.61. The molecule has 0 saturated carbocycles. The number of carbonyl (C=O) groups excluding carboxylic acids is 2. The van der Waals surface area contributed by atoms with E-state index in [0.29, 0.717) is 37.2 Å². The third-order valence-electron chi connectivity index (χ3n) is 4.74. The molecule has 128 valence electrons. The Morgan fingerprint density at radius 2 is 1.76 bits per heavy atom. The molecule has 25 heavy (non-hydrogen) atoms. The number of hydrogen-bond acceptors (Lipinski definition) is 3. The zero-order chi connectivity index (χ0) is 17.4. The van der Waals surface area contributed by atoms with Crippen LogP contribution in [0.3, 0.4) is 0 Å². The van der Waals surface area contributed by atoms with Crippen molar-refractivity contribution in [2.75, 3.05) is 13.1 Å². The highest BCUT2D eigenvalue weighted by Gasteiger charge is 2.43. The lowest BCUT2D eigenvalue weighted by Gasteiger charge is -2.44. The Kier molecular flexibility index (Phi) is 3.67. The highest BCUT2D eigenvalue weighted by Crippen LogP contribution is 2.33. The van der Waals surface area contributed by atoms with Crippen molar-refractivity contribution >= 4 is 11.8 Å². The number of likely N-dealkylation sites (tertiary alicyclic amines) is 1. The van der Waals surface area contributed by atoms with Crippen molar-refractivity contribution in [1.29, 1.82) is 0 Å². The molecule has 0 atom stereocenters. The second kappa shape index (κ2) is 5.88. The predicted octanol–water partition coefficient (Wildman–Crippen LogP) is 2.58. The van der Waals surface area contributed by atoms with Crippen LogP contribution in [-0.2, 0) is 0 Å². The summed E-state index contributed by atoms with van der Waals surface area (Å²) in [6.45, 7) is 0.769. The molecule has 0 bridgehead atoms. The van der Waals surface area contributed by atoms with E-state index in [-0.39, 0.29) is 17.4 Å². The van der Waals surface area contributed by atoms with Gasteiger partial charge in [0, 0.05) is 25.9 Å². The summed E-state index contributed by atoms with van der Waals surface area (Å²) in [6.07, 6.45) is 0.903. The molecular weight excluding hydrogens is 323 g/mol. The van der Waals surface area contributed by atoms with Crippen molar-refractivity contribution in [2.24, 2.45) is 0 Å². The van der Waals surface area contributed by atoms with Crippen molar-refractivity contribution in [3.63, 3.8) is 0 Å². The number of amides is 2. The third kappa shape index (κ3) is 2.73. The molecule has 2 aromatic carbocycles. The first-order chi connectivity index (χ1) is 12.1. The number of para-hydroxylation sites is 1. The maximum Gasteiger partial charge on any atom is 0.258 e. The van der Waals surface area contributed by atoms with Gasteiger partial charge in [0.1, 0.15) is 11.6 Å². The van der Waals surface area contributed by atoms with Crippen molar-refractivity contribution < 1.29 is 18.7 Å². The van der Waals surface area contributed by atoms with Crippen LogP contribution in [-0.4, -0.2) is 35.5 Å². The third-order valence-corrected chi connectivity index (χ3v) is 4.74. The number of halogens is 1. The molecule has 1 fully saturated rings. The van der Waals surface area contributed by atoms with Crippen LogP contribution < -0.4 is 10.1 Å². The Hall–Kier alpha value is -2.89. The number of piperidine rings is 1. The Labute approximate surface area is 144 Å². The monoisotopic (exact) mass is 340 g/mol. The topological polar surface area (TPSA) is 58.6 Å². The minimum Gasteiger partial charge on any atom is -0.467 e. The first kappa shape index (κ1) is 15.6. The summed E-state index contributed by atoms with van der Waals surface area (Å²) in [5.41, 5.74) is -0.229. The summed E-state index contributed by atoms with van der Waals surface area (Å²) in [5, 5.41) is 2.93. The molecule has 1 N–H and O–H groups in total. The summed E-state index contributed by atoms with van der Waals surface area (Å²) in [4.78, 5) is 26.4. The van der Waals surface area contributed by atoms with Crippen LogP contribution in [0.5, 0.6) is 5.75 Å². The number of nitrogens with one attached hydrogen (secondary N) is 1. The van der Waals surface area contributed by atoms with Crippen LogP contribution in [0.2, 0.25) is 0 Å². The van der Waals surface area contributed by atoms with Crippen LogP contribution in [0.15, 0.2) is 48.5 Å². The molecule has 0 aliphatic carbocycles. The van der Waals surface area contributed by atoms with Crippen molar-refractivity contribution in [1.82, 2.24) is 10.2 Å². The van der Waals surface area contributed by atoms with E-state index in [2.05, 4.69) is 5.32 Å². The Balaban J connectivity index is 1.50. The molecule has 2 heterocycles. The van der Waals surface area contributed by atoms with E-state index in [1.807, 2.05) is 6.07 Å². The predicted molar refractivity (Wildman–Crippen MR) is 88.8 cm³/mol. The molecule has 4 rings (SSSR count). The van der Waals surface area contributed by atoms with Gasteiger partial charge < -0.3 is 15.0 Å². The summed E-state index contributed by atoms with van der Waals surface area (Å²) < 4.78 is 19.9. The van der Waals surface area contributed by atoms with Crippen molar-refractivity contribution in [3.05, 3.63) is 65.5 Å². The summed E-state index contributed by atoms with van der Waals surface area (Å²) in [5.74, 6) is -0.477. The largest absolute Gasteiger partial charge is 0.467 e. The number of benzene rings is 2. The maximum absolute atomic E-state index is 13.8. The fraction of sp³-hybridized carbons (Fsp3) is 0.263. The number of carbonyl (C=O) groups is 2. The Morgan fingerprint density at radius 3 is 2.52 bits per heavy atom. The van der Waals surface area contributed by atoms with Gasteiger partial charge in [-0.05, 0) is 24.3 Å². The summed E-state index contributed by atoms with van der Waals surface area (Å²) in [7, 11) is 0. The van der Waals surface area contributed by atoms with Gasteiger partial charge in [-0.3, -0.25) is 9.59 Å². The van der Waals surface area contributed by atoms with Crippen LogP contribution >= 0.6 is 0 Å². The van der Waals surface area contributed by atoms with E-state index in [4.69, 9.17) is 4.74 Å². The van der Waals surface area contributed by atoms with Crippen molar-refractivity contribution in [2.45, 2.75) is 18.6 Å². The molecule has 0 radical (unpaired) electrons. The van der Waals surface area contributed by atoms with Gasteiger partial charge in [0.15, 0.2) is 5.72 Å².